The van der Waals surface area contributed by atoms with Crippen molar-refractivity contribution in [3.05, 3.63) is 71.8 Å². The maximum absolute atomic E-state index is 12.8. The number of amides is 1. The maximum atomic E-state index is 12.8. The van der Waals surface area contributed by atoms with Gasteiger partial charge in [-0.15, -0.1) is 0 Å². The van der Waals surface area contributed by atoms with Crippen LogP contribution in [0.1, 0.15) is 62.4 Å². The van der Waals surface area contributed by atoms with E-state index < -0.39 is 0 Å². The summed E-state index contributed by atoms with van der Waals surface area (Å²) in [5.74, 6) is 0.694. The lowest BCUT2D eigenvalue weighted by Crippen LogP contribution is -2.26. The second-order valence-electron chi connectivity index (χ2n) is 8.28. The highest BCUT2D eigenvalue weighted by Gasteiger charge is 2.23. The number of nitrogens with zero attached hydrogens (tertiary/aromatic N) is 3. The molecule has 152 valence electrons. The first kappa shape index (κ1) is 20.6. The highest BCUT2D eigenvalue weighted by Crippen LogP contribution is 2.24. The van der Waals surface area contributed by atoms with Gasteiger partial charge in [-0.1, -0.05) is 26.0 Å². The second kappa shape index (κ2) is 8.47. The number of aromatic nitrogens is 3. The Balaban J connectivity index is 1.72. The lowest BCUT2D eigenvalue weighted by molar-refractivity contribution is 0.102. The molecule has 3 rings (SSSR count). The molecule has 0 aliphatic carbocycles. The first-order chi connectivity index (χ1) is 13.7. The number of pyridine rings is 1. The van der Waals surface area contributed by atoms with Crippen molar-refractivity contribution in [3.8, 4) is 5.75 Å². The van der Waals surface area contributed by atoms with Gasteiger partial charge in [-0.2, -0.15) is 5.10 Å². The van der Waals surface area contributed by atoms with Gasteiger partial charge in [0.1, 0.15) is 12.4 Å². The first-order valence-electron chi connectivity index (χ1n) is 9.78. The van der Waals surface area contributed by atoms with Crippen LogP contribution in [-0.2, 0) is 12.1 Å². The van der Waals surface area contributed by atoms with Gasteiger partial charge in [-0.3, -0.25) is 14.5 Å². The van der Waals surface area contributed by atoms with E-state index in [0.29, 0.717) is 23.7 Å². The summed E-state index contributed by atoms with van der Waals surface area (Å²) in [7, 11) is 0. The Morgan fingerprint density at radius 3 is 2.55 bits per heavy atom. The first-order valence-corrected chi connectivity index (χ1v) is 9.78. The Hall–Kier alpha value is -3.15. The molecular formula is C23H28N4O2. The third-order valence-corrected chi connectivity index (χ3v) is 4.40. The lowest BCUT2D eigenvalue weighted by atomic mass is 10.1. The minimum absolute atomic E-state index is 0.197. The van der Waals surface area contributed by atoms with Gasteiger partial charge in [0.05, 0.1) is 11.2 Å². The van der Waals surface area contributed by atoms with Crippen LogP contribution in [0.4, 0.5) is 5.69 Å². The van der Waals surface area contributed by atoms with Crippen LogP contribution in [0.25, 0.3) is 0 Å². The molecular weight excluding hydrogens is 364 g/mol. The minimum atomic E-state index is -0.239. The van der Waals surface area contributed by atoms with E-state index in [1.165, 1.54) is 0 Å². The van der Waals surface area contributed by atoms with Crippen LogP contribution >= 0.6 is 0 Å². The van der Waals surface area contributed by atoms with Crippen molar-refractivity contribution in [3.63, 3.8) is 0 Å². The standard InChI is InChI=1S/C23H28N4O2/c1-16(2)21-14-20(26-27(21)23(3,4)5)22(28)25-17-10-8-11-19(13-17)29-15-18-9-6-7-12-24-18/h6-14,16H,15H2,1-5H3,(H,25,28). The molecule has 0 spiro atoms. The van der Waals surface area contributed by atoms with Crippen molar-refractivity contribution in [2.75, 3.05) is 5.32 Å². The van der Waals surface area contributed by atoms with E-state index in [0.717, 1.165) is 11.4 Å². The van der Waals surface area contributed by atoms with Crippen LogP contribution < -0.4 is 10.1 Å². The van der Waals surface area contributed by atoms with Crippen molar-refractivity contribution in [2.24, 2.45) is 0 Å². The zero-order valence-electron chi connectivity index (χ0n) is 17.6. The number of hydrogen-bond acceptors (Lipinski definition) is 4. The minimum Gasteiger partial charge on any atom is -0.487 e. The van der Waals surface area contributed by atoms with Gasteiger partial charge >= 0.3 is 0 Å². The highest BCUT2D eigenvalue weighted by atomic mass is 16.5. The van der Waals surface area contributed by atoms with Crippen molar-refractivity contribution in [2.45, 2.75) is 52.7 Å². The van der Waals surface area contributed by atoms with Crippen LogP contribution in [0.5, 0.6) is 5.75 Å². The summed E-state index contributed by atoms with van der Waals surface area (Å²) in [5.41, 5.74) is 2.75. The molecule has 6 nitrogen and oxygen atoms in total. The quantitative estimate of drug-likeness (QED) is 0.642. The molecule has 0 aliphatic rings. The summed E-state index contributed by atoms with van der Waals surface area (Å²) >= 11 is 0. The van der Waals surface area contributed by atoms with Gasteiger partial charge in [0.15, 0.2) is 5.69 Å². The third-order valence-electron chi connectivity index (χ3n) is 4.40. The normalized spacial score (nSPS) is 11.5. The molecule has 1 aromatic carbocycles. The number of nitrogens with one attached hydrogen (secondary N) is 1. The topological polar surface area (TPSA) is 69.0 Å². The number of anilines is 1. The Kier molecular flexibility index (Phi) is 6.01. The molecule has 0 fully saturated rings. The molecule has 0 radical (unpaired) electrons. The van der Waals surface area contributed by atoms with Crippen LogP contribution in [0, 0.1) is 0 Å². The molecule has 3 aromatic rings. The molecule has 1 amide bonds. The third kappa shape index (κ3) is 5.22. The zero-order chi connectivity index (χ0) is 21.0. The van der Waals surface area contributed by atoms with Gasteiger partial charge < -0.3 is 10.1 Å². The Labute approximate surface area is 171 Å². The molecule has 6 heteroatoms. The molecule has 2 aromatic heterocycles. The summed E-state index contributed by atoms with van der Waals surface area (Å²) in [4.78, 5) is 17.0. The van der Waals surface area contributed by atoms with E-state index in [9.17, 15) is 4.79 Å². The van der Waals surface area contributed by atoms with Crippen LogP contribution in [0.2, 0.25) is 0 Å². The van der Waals surface area contributed by atoms with Gasteiger partial charge in [0.25, 0.3) is 5.91 Å². The zero-order valence-corrected chi connectivity index (χ0v) is 17.6. The second-order valence-corrected chi connectivity index (χ2v) is 8.28. The van der Waals surface area contributed by atoms with Gasteiger partial charge in [0, 0.05) is 23.6 Å². The summed E-state index contributed by atoms with van der Waals surface area (Å²) in [6.45, 7) is 10.8. The fraction of sp³-hybridized carbons (Fsp3) is 0.348. The molecule has 1 N–H and O–H groups in total. The number of carbonyl (C=O) groups is 1. The van der Waals surface area contributed by atoms with Crippen molar-refractivity contribution >= 4 is 11.6 Å². The SMILES string of the molecule is CC(C)c1cc(C(=O)Nc2cccc(OCc3ccccn3)c2)nn1C(C)(C)C. The fourth-order valence-electron chi connectivity index (χ4n) is 2.95. The van der Waals surface area contributed by atoms with E-state index in [4.69, 9.17) is 4.74 Å². The summed E-state index contributed by atoms with van der Waals surface area (Å²) < 4.78 is 7.72. The molecule has 0 atom stereocenters. The molecule has 0 bridgehead atoms. The van der Waals surface area contributed by atoms with Crippen LogP contribution in [-0.4, -0.2) is 20.7 Å². The van der Waals surface area contributed by atoms with Crippen molar-refractivity contribution < 1.29 is 9.53 Å². The van der Waals surface area contributed by atoms with E-state index in [2.05, 4.69) is 50.0 Å². The average molecular weight is 393 g/mol. The number of carbonyl (C=O) groups excluding carboxylic acids is 1. The van der Waals surface area contributed by atoms with Crippen LogP contribution in [0.3, 0.4) is 0 Å². The Bertz CT molecular complexity index is 972. The smallest absolute Gasteiger partial charge is 0.276 e. The molecule has 0 saturated heterocycles. The highest BCUT2D eigenvalue weighted by molar-refractivity contribution is 6.03. The van der Waals surface area contributed by atoms with E-state index in [1.807, 2.05) is 47.1 Å². The summed E-state index contributed by atoms with van der Waals surface area (Å²) in [6, 6.07) is 14.9. The number of benzene rings is 1. The summed E-state index contributed by atoms with van der Waals surface area (Å²) in [6.07, 6.45) is 1.73. The maximum Gasteiger partial charge on any atom is 0.276 e. The monoisotopic (exact) mass is 392 g/mol. The lowest BCUT2D eigenvalue weighted by Gasteiger charge is -2.23. The van der Waals surface area contributed by atoms with E-state index in [1.54, 1.807) is 12.3 Å². The van der Waals surface area contributed by atoms with E-state index >= 15 is 0 Å². The van der Waals surface area contributed by atoms with Crippen molar-refractivity contribution in [1.82, 2.24) is 14.8 Å². The van der Waals surface area contributed by atoms with Crippen LogP contribution in [0.15, 0.2) is 54.7 Å². The average Bonchev–Trinajstić information content (AvgIpc) is 3.14. The summed E-state index contributed by atoms with van der Waals surface area (Å²) in [5, 5.41) is 7.48. The Morgan fingerprint density at radius 1 is 1.14 bits per heavy atom. The van der Waals surface area contributed by atoms with E-state index in [-0.39, 0.29) is 17.4 Å². The fourth-order valence-corrected chi connectivity index (χ4v) is 2.95. The Morgan fingerprint density at radius 2 is 1.93 bits per heavy atom. The molecule has 0 aliphatic heterocycles. The van der Waals surface area contributed by atoms with Gasteiger partial charge in [-0.05, 0) is 57.0 Å². The molecule has 29 heavy (non-hydrogen) atoms. The molecule has 0 unspecified atom stereocenters. The van der Waals surface area contributed by atoms with Crippen molar-refractivity contribution in [1.29, 1.82) is 0 Å². The largest absolute Gasteiger partial charge is 0.487 e. The number of hydrogen-bond donors (Lipinski definition) is 1. The number of rotatable bonds is 6. The van der Waals surface area contributed by atoms with Gasteiger partial charge in [0.2, 0.25) is 0 Å². The van der Waals surface area contributed by atoms with Gasteiger partial charge in [-0.25, -0.2) is 0 Å². The predicted octanol–water partition coefficient (Wildman–Crippen LogP) is 4.99. The predicted molar refractivity (Wildman–Crippen MR) is 114 cm³/mol. The molecule has 2 heterocycles. The number of ether oxygens (including phenoxy) is 1. The molecule has 0 saturated carbocycles.